The third-order valence-electron chi connectivity index (χ3n) is 4.35. The van der Waals surface area contributed by atoms with Crippen molar-refractivity contribution < 1.29 is 4.74 Å². The van der Waals surface area contributed by atoms with Crippen molar-refractivity contribution in [3.63, 3.8) is 0 Å². The molecule has 0 aliphatic carbocycles. The van der Waals surface area contributed by atoms with Crippen LogP contribution in [0.15, 0.2) is 60.7 Å². The Morgan fingerprint density at radius 3 is 1.70 bits per heavy atom. The van der Waals surface area contributed by atoms with E-state index >= 15 is 0 Å². The molecule has 0 saturated carbocycles. The molecule has 0 unspecified atom stereocenters. The quantitative estimate of drug-likeness (QED) is 0.653. The Hall–Kier alpha value is -1.64. The van der Waals surface area contributed by atoms with Gasteiger partial charge in [-0.25, -0.2) is 0 Å². The van der Waals surface area contributed by atoms with Crippen LogP contribution in [0.5, 0.6) is 0 Å². The minimum absolute atomic E-state index is 0.271. The van der Waals surface area contributed by atoms with Crippen molar-refractivity contribution in [2.75, 3.05) is 6.61 Å². The van der Waals surface area contributed by atoms with Crippen LogP contribution >= 0.6 is 0 Å². The SMILES string of the molecule is CCO[C@H](CC)[C@H](C)N(Cc1ccccc1)Cc1ccccc1. The highest BCUT2D eigenvalue weighted by Crippen LogP contribution is 2.18. The summed E-state index contributed by atoms with van der Waals surface area (Å²) >= 11 is 0. The molecular formula is C21H29NO. The molecule has 2 aromatic carbocycles. The average Bonchev–Trinajstić information content (AvgIpc) is 2.60. The Balaban J connectivity index is 2.16. The van der Waals surface area contributed by atoms with Gasteiger partial charge in [-0.1, -0.05) is 67.6 Å². The van der Waals surface area contributed by atoms with E-state index in [4.69, 9.17) is 4.74 Å². The monoisotopic (exact) mass is 311 g/mol. The van der Waals surface area contributed by atoms with Crippen molar-refractivity contribution in [2.24, 2.45) is 0 Å². The van der Waals surface area contributed by atoms with Gasteiger partial charge in [0.1, 0.15) is 0 Å². The molecule has 124 valence electrons. The molecule has 0 N–H and O–H groups in total. The molecule has 0 aromatic heterocycles. The van der Waals surface area contributed by atoms with Gasteiger partial charge in [-0.3, -0.25) is 4.90 Å². The van der Waals surface area contributed by atoms with Crippen molar-refractivity contribution in [1.82, 2.24) is 4.90 Å². The minimum atomic E-state index is 0.271. The highest BCUT2D eigenvalue weighted by Gasteiger charge is 2.23. The van der Waals surface area contributed by atoms with Crippen LogP contribution in [0, 0.1) is 0 Å². The maximum Gasteiger partial charge on any atom is 0.0725 e. The molecule has 2 rings (SSSR count). The van der Waals surface area contributed by atoms with Gasteiger partial charge in [0, 0.05) is 25.7 Å². The molecule has 0 bridgehead atoms. The van der Waals surface area contributed by atoms with E-state index in [9.17, 15) is 0 Å². The summed E-state index contributed by atoms with van der Waals surface area (Å²) in [5.74, 6) is 0. The molecule has 2 heteroatoms. The van der Waals surface area contributed by atoms with Gasteiger partial charge in [0.25, 0.3) is 0 Å². The van der Waals surface area contributed by atoms with E-state index in [1.165, 1.54) is 11.1 Å². The van der Waals surface area contributed by atoms with Crippen LogP contribution in [0.2, 0.25) is 0 Å². The molecule has 23 heavy (non-hydrogen) atoms. The number of rotatable bonds is 9. The summed E-state index contributed by atoms with van der Waals surface area (Å²) in [6, 6.07) is 21.8. The minimum Gasteiger partial charge on any atom is -0.377 e. The van der Waals surface area contributed by atoms with Gasteiger partial charge >= 0.3 is 0 Å². The van der Waals surface area contributed by atoms with E-state index in [1.54, 1.807) is 0 Å². The van der Waals surface area contributed by atoms with Gasteiger partial charge in [-0.05, 0) is 31.4 Å². The summed E-state index contributed by atoms with van der Waals surface area (Å²) in [6.45, 7) is 9.23. The summed E-state index contributed by atoms with van der Waals surface area (Å²) in [5.41, 5.74) is 2.70. The Labute approximate surface area is 141 Å². The zero-order valence-electron chi connectivity index (χ0n) is 14.6. The second-order valence-corrected chi connectivity index (χ2v) is 6.02. The van der Waals surface area contributed by atoms with Gasteiger partial charge in [0.2, 0.25) is 0 Å². The third kappa shape index (κ3) is 5.49. The van der Waals surface area contributed by atoms with E-state index in [-0.39, 0.29) is 6.10 Å². The summed E-state index contributed by atoms with van der Waals surface area (Å²) in [4.78, 5) is 2.52. The number of ether oxygens (including phenoxy) is 1. The van der Waals surface area contributed by atoms with Crippen LogP contribution in [-0.4, -0.2) is 23.7 Å². The lowest BCUT2D eigenvalue weighted by Gasteiger charge is -2.34. The van der Waals surface area contributed by atoms with Crippen LogP contribution in [0.25, 0.3) is 0 Å². The van der Waals surface area contributed by atoms with Crippen LogP contribution in [-0.2, 0) is 17.8 Å². The van der Waals surface area contributed by atoms with Crippen LogP contribution < -0.4 is 0 Å². The molecule has 0 spiro atoms. The molecule has 0 fully saturated rings. The molecule has 0 saturated heterocycles. The lowest BCUT2D eigenvalue weighted by molar-refractivity contribution is -0.0105. The van der Waals surface area contributed by atoms with Gasteiger partial charge in [0.15, 0.2) is 0 Å². The first kappa shape index (κ1) is 17.7. The Bertz CT molecular complexity index is 499. The average molecular weight is 311 g/mol. The van der Waals surface area contributed by atoms with E-state index in [2.05, 4.69) is 86.3 Å². The van der Waals surface area contributed by atoms with Crippen molar-refractivity contribution in [1.29, 1.82) is 0 Å². The van der Waals surface area contributed by atoms with Gasteiger partial charge in [0.05, 0.1) is 6.10 Å². The maximum atomic E-state index is 5.97. The second kappa shape index (κ2) is 9.49. The Morgan fingerprint density at radius 1 is 0.826 bits per heavy atom. The molecule has 0 amide bonds. The molecule has 2 nitrogen and oxygen atoms in total. The largest absolute Gasteiger partial charge is 0.377 e. The number of hydrogen-bond acceptors (Lipinski definition) is 2. The smallest absolute Gasteiger partial charge is 0.0725 e. The fourth-order valence-electron chi connectivity index (χ4n) is 3.03. The van der Waals surface area contributed by atoms with Gasteiger partial charge < -0.3 is 4.74 Å². The topological polar surface area (TPSA) is 12.5 Å². The van der Waals surface area contributed by atoms with Crippen LogP contribution in [0.1, 0.15) is 38.3 Å². The summed E-state index contributed by atoms with van der Waals surface area (Å²) in [5, 5.41) is 0. The van der Waals surface area contributed by atoms with E-state index in [0.29, 0.717) is 6.04 Å². The molecule has 0 aliphatic heterocycles. The standard InChI is InChI=1S/C21H29NO/c1-4-21(23-5-2)18(3)22(16-19-12-8-6-9-13-19)17-20-14-10-7-11-15-20/h6-15,18,21H,4-5,16-17H2,1-3H3/t18-,21+/m0/s1. The number of nitrogens with zero attached hydrogens (tertiary/aromatic N) is 1. The van der Waals surface area contributed by atoms with Crippen molar-refractivity contribution in [3.05, 3.63) is 71.8 Å². The van der Waals surface area contributed by atoms with Crippen molar-refractivity contribution >= 4 is 0 Å². The number of hydrogen-bond donors (Lipinski definition) is 0. The fraction of sp³-hybridized carbons (Fsp3) is 0.429. The third-order valence-corrected chi connectivity index (χ3v) is 4.35. The Morgan fingerprint density at radius 2 is 1.30 bits per heavy atom. The first-order valence-corrected chi connectivity index (χ1v) is 8.68. The van der Waals surface area contributed by atoms with Gasteiger partial charge in [-0.2, -0.15) is 0 Å². The zero-order valence-corrected chi connectivity index (χ0v) is 14.6. The zero-order chi connectivity index (χ0) is 16.5. The first-order chi connectivity index (χ1) is 11.2. The van der Waals surface area contributed by atoms with E-state index < -0.39 is 0 Å². The summed E-state index contributed by atoms with van der Waals surface area (Å²) in [7, 11) is 0. The highest BCUT2D eigenvalue weighted by molar-refractivity contribution is 5.17. The molecule has 0 aliphatic rings. The van der Waals surface area contributed by atoms with Gasteiger partial charge in [-0.15, -0.1) is 0 Å². The Kier molecular flexibility index (Phi) is 7.31. The number of benzene rings is 2. The van der Waals surface area contributed by atoms with E-state index in [0.717, 1.165) is 26.1 Å². The predicted octanol–water partition coefficient (Wildman–Crippen LogP) is 4.89. The maximum absolute atomic E-state index is 5.97. The summed E-state index contributed by atoms with van der Waals surface area (Å²) < 4.78 is 5.97. The van der Waals surface area contributed by atoms with Crippen molar-refractivity contribution in [2.45, 2.75) is 52.4 Å². The molecule has 2 aromatic rings. The fourth-order valence-corrected chi connectivity index (χ4v) is 3.03. The molecule has 0 radical (unpaired) electrons. The lowest BCUT2D eigenvalue weighted by atomic mass is 10.1. The van der Waals surface area contributed by atoms with Crippen molar-refractivity contribution in [3.8, 4) is 0 Å². The lowest BCUT2D eigenvalue weighted by Crippen LogP contribution is -2.41. The highest BCUT2D eigenvalue weighted by atomic mass is 16.5. The molecule has 0 heterocycles. The normalized spacial score (nSPS) is 13.9. The van der Waals surface area contributed by atoms with Crippen LogP contribution in [0.4, 0.5) is 0 Å². The predicted molar refractivity (Wildman–Crippen MR) is 97.3 cm³/mol. The molecular weight excluding hydrogens is 282 g/mol. The van der Waals surface area contributed by atoms with Crippen LogP contribution in [0.3, 0.4) is 0 Å². The summed E-state index contributed by atoms with van der Waals surface area (Å²) in [6.07, 6.45) is 1.31. The first-order valence-electron chi connectivity index (χ1n) is 8.68. The second-order valence-electron chi connectivity index (χ2n) is 6.02. The van der Waals surface area contributed by atoms with E-state index in [1.807, 2.05) is 0 Å². The molecule has 2 atom stereocenters.